The summed E-state index contributed by atoms with van der Waals surface area (Å²) in [5.41, 5.74) is 1.16. The van der Waals surface area contributed by atoms with Crippen LogP contribution in [0.4, 0.5) is 0 Å². The Balaban J connectivity index is 1.90. The van der Waals surface area contributed by atoms with Crippen LogP contribution in [0, 0.1) is 0 Å². The summed E-state index contributed by atoms with van der Waals surface area (Å²) in [6.07, 6.45) is 2.63. The second-order valence-corrected chi connectivity index (χ2v) is 8.30. The lowest BCUT2D eigenvalue weighted by atomic mass is 10.1. The van der Waals surface area contributed by atoms with Crippen molar-refractivity contribution in [3.8, 4) is 5.75 Å². The minimum atomic E-state index is 0.261. The zero-order valence-corrected chi connectivity index (χ0v) is 14.3. The average Bonchev–Trinajstić information content (AvgIpc) is 2.73. The number of rotatable bonds is 4. The Morgan fingerprint density at radius 1 is 1.39 bits per heavy atom. The number of hydrogen-bond acceptors (Lipinski definition) is 3. The van der Waals surface area contributed by atoms with Crippen LogP contribution >= 0.6 is 43.6 Å². The summed E-state index contributed by atoms with van der Waals surface area (Å²) in [4.78, 5) is 0. The molecular weight excluding hydrogens is 378 g/mol. The second kappa shape index (κ2) is 6.16. The first-order chi connectivity index (χ1) is 8.50. The van der Waals surface area contributed by atoms with E-state index in [0.29, 0.717) is 4.75 Å². The van der Waals surface area contributed by atoms with E-state index >= 15 is 0 Å². The van der Waals surface area contributed by atoms with E-state index in [1.54, 1.807) is 0 Å². The normalized spacial score (nSPS) is 23.5. The summed E-state index contributed by atoms with van der Waals surface area (Å²) in [5, 5.41) is 13.2. The lowest BCUT2D eigenvalue weighted by Crippen LogP contribution is -2.32. The maximum absolute atomic E-state index is 9.65. The number of aromatic hydroxyl groups is 1. The van der Waals surface area contributed by atoms with Crippen LogP contribution in [0.3, 0.4) is 0 Å². The van der Waals surface area contributed by atoms with Crippen molar-refractivity contribution < 1.29 is 5.11 Å². The van der Waals surface area contributed by atoms with Crippen LogP contribution in [0.5, 0.6) is 5.75 Å². The first kappa shape index (κ1) is 14.7. The molecular formula is C13H17Br2NOS. The van der Waals surface area contributed by atoms with E-state index in [1.807, 2.05) is 12.1 Å². The fourth-order valence-electron chi connectivity index (χ4n) is 2.17. The Morgan fingerprint density at radius 2 is 2.06 bits per heavy atom. The smallest absolute Gasteiger partial charge is 0.143 e. The fraction of sp³-hybridized carbons (Fsp3) is 0.538. The third-order valence-corrected chi connectivity index (χ3v) is 5.95. The first-order valence-corrected chi connectivity index (χ1v) is 8.59. The van der Waals surface area contributed by atoms with Crippen LogP contribution in [0.25, 0.3) is 0 Å². The van der Waals surface area contributed by atoms with Gasteiger partial charge in [0.05, 0.1) is 8.95 Å². The molecule has 1 unspecified atom stereocenters. The number of hydrogen-bond donors (Lipinski definition) is 2. The van der Waals surface area contributed by atoms with E-state index in [2.05, 4.69) is 55.9 Å². The molecule has 0 bridgehead atoms. The maximum Gasteiger partial charge on any atom is 0.143 e. The van der Waals surface area contributed by atoms with Gasteiger partial charge in [-0.1, -0.05) is 0 Å². The van der Waals surface area contributed by atoms with Gasteiger partial charge >= 0.3 is 0 Å². The topological polar surface area (TPSA) is 32.3 Å². The summed E-state index contributed by atoms with van der Waals surface area (Å²) in [6.45, 7) is 4.20. The summed E-state index contributed by atoms with van der Waals surface area (Å²) in [7, 11) is 0. The molecule has 0 spiro atoms. The molecule has 0 aliphatic carbocycles. The van der Waals surface area contributed by atoms with Crippen LogP contribution in [0.2, 0.25) is 0 Å². The highest BCUT2D eigenvalue weighted by Crippen LogP contribution is 2.37. The number of phenols is 1. The van der Waals surface area contributed by atoms with Gasteiger partial charge in [-0.25, -0.2) is 0 Å². The molecule has 2 nitrogen and oxygen atoms in total. The van der Waals surface area contributed by atoms with Crippen molar-refractivity contribution in [2.45, 2.75) is 31.1 Å². The molecule has 1 saturated heterocycles. The minimum absolute atomic E-state index is 0.261. The van der Waals surface area contributed by atoms with E-state index in [4.69, 9.17) is 0 Å². The minimum Gasteiger partial charge on any atom is -0.506 e. The molecule has 1 atom stereocenters. The van der Waals surface area contributed by atoms with Crippen LogP contribution in [0.1, 0.15) is 25.3 Å². The molecule has 2 N–H and O–H groups in total. The van der Waals surface area contributed by atoms with Gasteiger partial charge in [-0.3, -0.25) is 0 Å². The van der Waals surface area contributed by atoms with Gasteiger partial charge in [0, 0.05) is 17.8 Å². The van der Waals surface area contributed by atoms with Gasteiger partial charge in [-0.2, -0.15) is 11.8 Å². The summed E-state index contributed by atoms with van der Waals surface area (Å²) in [5.74, 6) is 1.55. The van der Waals surface area contributed by atoms with Crippen molar-refractivity contribution in [2.75, 3.05) is 12.3 Å². The van der Waals surface area contributed by atoms with Gasteiger partial charge < -0.3 is 10.4 Å². The molecule has 0 aromatic heterocycles. The van der Waals surface area contributed by atoms with Crippen LogP contribution in [-0.2, 0) is 6.54 Å². The number of phenolic OH excluding ortho intramolecular Hbond substituents is 1. The van der Waals surface area contributed by atoms with Gasteiger partial charge in [0.1, 0.15) is 5.75 Å². The lowest BCUT2D eigenvalue weighted by Gasteiger charge is -2.23. The molecule has 1 fully saturated rings. The highest BCUT2D eigenvalue weighted by Gasteiger charge is 2.28. The quantitative estimate of drug-likeness (QED) is 0.798. The largest absolute Gasteiger partial charge is 0.506 e. The van der Waals surface area contributed by atoms with E-state index in [0.717, 1.165) is 27.6 Å². The van der Waals surface area contributed by atoms with Crippen molar-refractivity contribution in [3.05, 3.63) is 26.6 Å². The highest BCUT2D eigenvalue weighted by molar-refractivity contribution is 9.11. The number of nitrogens with one attached hydrogen (secondary N) is 1. The second-order valence-electron chi connectivity index (χ2n) is 4.91. The zero-order valence-electron chi connectivity index (χ0n) is 10.3. The predicted molar refractivity (Wildman–Crippen MR) is 85.3 cm³/mol. The molecule has 5 heteroatoms. The van der Waals surface area contributed by atoms with Crippen molar-refractivity contribution >= 4 is 43.6 Å². The number of thioether (sulfide) groups is 1. The molecule has 1 aliphatic rings. The number of halogens is 2. The SMILES string of the molecule is CC1(CNCc2cc(Br)c(O)c(Br)c2)CCCS1. The Hall–Kier alpha value is 0.290. The molecule has 0 saturated carbocycles. The molecule has 18 heavy (non-hydrogen) atoms. The Kier molecular flexibility index (Phi) is 5.03. The van der Waals surface area contributed by atoms with Gasteiger partial charge in [0.15, 0.2) is 0 Å². The third-order valence-electron chi connectivity index (χ3n) is 3.21. The summed E-state index contributed by atoms with van der Waals surface area (Å²) < 4.78 is 1.86. The zero-order chi connectivity index (χ0) is 13.2. The molecule has 100 valence electrons. The molecule has 1 aromatic carbocycles. The molecule has 1 aliphatic heterocycles. The van der Waals surface area contributed by atoms with E-state index in [1.165, 1.54) is 18.6 Å². The van der Waals surface area contributed by atoms with Crippen molar-refractivity contribution in [3.63, 3.8) is 0 Å². The van der Waals surface area contributed by atoms with E-state index < -0.39 is 0 Å². The fourth-order valence-corrected chi connectivity index (χ4v) is 4.72. The molecule has 1 aromatic rings. The summed E-state index contributed by atoms with van der Waals surface area (Å²) in [6, 6.07) is 3.91. The Labute approximate surface area is 129 Å². The first-order valence-electron chi connectivity index (χ1n) is 6.02. The molecule has 0 amide bonds. The van der Waals surface area contributed by atoms with Crippen LogP contribution in [-0.4, -0.2) is 22.2 Å². The Morgan fingerprint density at radius 3 is 2.61 bits per heavy atom. The van der Waals surface area contributed by atoms with Crippen molar-refractivity contribution in [2.24, 2.45) is 0 Å². The van der Waals surface area contributed by atoms with Crippen LogP contribution < -0.4 is 5.32 Å². The van der Waals surface area contributed by atoms with Gasteiger partial charge in [-0.15, -0.1) is 0 Å². The highest BCUT2D eigenvalue weighted by atomic mass is 79.9. The van der Waals surface area contributed by atoms with Crippen molar-refractivity contribution in [1.82, 2.24) is 5.32 Å². The molecule has 2 rings (SSSR count). The van der Waals surface area contributed by atoms with Gasteiger partial charge in [-0.05, 0) is 75.1 Å². The van der Waals surface area contributed by atoms with E-state index in [9.17, 15) is 5.11 Å². The third kappa shape index (κ3) is 3.65. The predicted octanol–water partition coefficient (Wildman–Crippen LogP) is 4.29. The maximum atomic E-state index is 9.65. The summed E-state index contributed by atoms with van der Waals surface area (Å²) >= 11 is 8.78. The van der Waals surface area contributed by atoms with Crippen LogP contribution in [0.15, 0.2) is 21.1 Å². The van der Waals surface area contributed by atoms with Gasteiger partial charge in [0.2, 0.25) is 0 Å². The van der Waals surface area contributed by atoms with Crippen molar-refractivity contribution in [1.29, 1.82) is 0 Å². The Bertz CT molecular complexity index is 410. The monoisotopic (exact) mass is 393 g/mol. The average molecular weight is 395 g/mol. The molecule has 1 heterocycles. The molecule has 0 radical (unpaired) electrons. The van der Waals surface area contributed by atoms with Gasteiger partial charge in [0.25, 0.3) is 0 Å². The standard InChI is InChI=1S/C13H17Br2NOS/c1-13(3-2-4-18-13)8-16-7-9-5-10(14)12(17)11(15)6-9/h5-6,16-17H,2-4,7-8H2,1H3. The lowest BCUT2D eigenvalue weighted by molar-refractivity contribution is 0.467. The number of benzene rings is 1. The van der Waals surface area contributed by atoms with E-state index in [-0.39, 0.29) is 5.75 Å².